The zero-order valence-electron chi connectivity index (χ0n) is 11.8. The number of benzene rings is 1. The number of piperidine rings is 1. The molecule has 1 saturated heterocycles. The van der Waals surface area contributed by atoms with Gasteiger partial charge in [0.25, 0.3) is 0 Å². The van der Waals surface area contributed by atoms with Crippen molar-refractivity contribution in [2.75, 3.05) is 20.2 Å². The van der Waals surface area contributed by atoms with Crippen molar-refractivity contribution >= 4 is 11.3 Å². The quantitative estimate of drug-likeness (QED) is 0.936. The smallest absolute Gasteiger partial charge is 0.118 e. The maximum atomic E-state index is 5.19. The molecule has 0 atom stereocenters. The molecule has 0 bridgehead atoms. The van der Waals surface area contributed by atoms with Crippen LogP contribution in [0.2, 0.25) is 0 Å². The number of hydrogen-bond donors (Lipinski definition) is 1. The first kappa shape index (κ1) is 13.6. The van der Waals surface area contributed by atoms with Crippen LogP contribution in [0.4, 0.5) is 0 Å². The summed E-state index contributed by atoms with van der Waals surface area (Å²) in [5.41, 5.74) is 2.25. The standard InChI is InChI=1S/C16H20N2OS/c1-19-14-4-2-13(3-5-14)15-11-20-16(18-15)10-12-6-8-17-9-7-12/h2-5,11-12,17H,6-10H2,1H3. The molecule has 1 N–H and O–H groups in total. The highest BCUT2D eigenvalue weighted by Crippen LogP contribution is 2.26. The number of rotatable bonds is 4. The first-order chi connectivity index (χ1) is 9.85. The molecule has 0 amide bonds. The molecule has 0 unspecified atom stereocenters. The summed E-state index contributed by atoms with van der Waals surface area (Å²) in [6.07, 6.45) is 3.68. The first-order valence-electron chi connectivity index (χ1n) is 7.14. The lowest BCUT2D eigenvalue weighted by molar-refractivity contribution is 0.372. The highest BCUT2D eigenvalue weighted by atomic mass is 32.1. The van der Waals surface area contributed by atoms with Gasteiger partial charge in [-0.1, -0.05) is 0 Å². The van der Waals surface area contributed by atoms with Gasteiger partial charge in [0.2, 0.25) is 0 Å². The fourth-order valence-corrected chi connectivity index (χ4v) is 3.55. The van der Waals surface area contributed by atoms with Crippen molar-refractivity contribution < 1.29 is 4.74 Å². The zero-order valence-corrected chi connectivity index (χ0v) is 12.6. The summed E-state index contributed by atoms with van der Waals surface area (Å²) < 4.78 is 5.19. The molecule has 1 aliphatic heterocycles. The second-order valence-corrected chi connectivity index (χ2v) is 6.20. The molecule has 3 nitrogen and oxygen atoms in total. The summed E-state index contributed by atoms with van der Waals surface area (Å²) in [6, 6.07) is 8.12. The largest absolute Gasteiger partial charge is 0.497 e. The van der Waals surface area contributed by atoms with Crippen molar-refractivity contribution in [1.29, 1.82) is 0 Å². The van der Waals surface area contributed by atoms with E-state index in [-0.39, 0.29) is 0 Å². The molecule has 2 aromatic rings. The number of nitrogens with zero attached hydrogens (tertiary/aromatic N) is 1. The van der Waals surface area contributed by atoms with Gasteiger partial charge >= 0.3 is 0 Å². The van der Waals surface area contributed by atoms with Gasteiger partial charge in [-0.3, -0.25) is 0 Å². The summed E-state index contributed by atoms with van der Waals surface area (Å²) in [5, 5.41) is 6.84. The molecule has 0 aliphatic carbocycles. The predicted molar refractivity (Wildman–Crippen MR) is 83.4 cm³/mol. The van der Waals surface area contributed by atoms with Crippen molar-refractivity contribution in [2.24, 2.45) is 5.92 Å². The number of nitrogens with one attached hydrogen (secondary N) is 1. The fourth-order valence-electron chi connectivity index (χ4n) is 2.63. The van der Waals surface area contributed by atoms with Crippen molar-refractivity contribution in [2.45, 2.75) is 19.3 Å². The van der Waals surface area contributed by atoms with E-state index in [0.29, 0.717) is 0 Å². The molecule has 0 radical (unpaired) electrons. The fraction of sp³-hybridized carbons (Fsp3) is 0.438. The minimum atomic E-state index is 0.797. The van der Waals surface area contributed by atoms with Gasteiger partial charge < -0.3 is 10.1 Å². The maximum Gasteiger partial charge on any atom is 0.118 e. The van der Waals surface area contributed by atoms with Gasteiger partial charge in [0.1, 0.15) is 5.75 Å². The SMILES string of the molecule is COc1ccc(-c2csc(CC3CCNCC3)n2)cc1. The Bertz CT molecular complexity index is 544. The third-order valence-electron chi connectivity index (χ3n) is 3.86. The zero-order chi connectivity index (χ0) is 13.8. The summed E-state index contributed by atoms with van der Waals surface area (Å²) in [7, 11) is 1.69. The van der Waals surface area contributed by atoms with Gasteiger partial charge in [-0.2, -0.15) is 0 Å². The van der Waals surface area contributed by atoms with E-state index >= 15 is 0 Å². The second-order valence-electron chi connectivity index (χ2n) is 5.25. The van der Waals surface area contributed by atoms with Crippen LogP contribution in [0.5, 0.6) is 5.75 Å². The third-order valence-corrected chi connectivity index (χ3v) is 4.73. The van der Waals surface area contributed by atoms with E-state index < -0.39 is 0 Å². The average molecular weight is 288 g/mol. The molecule has 106 valence electrons. The second kappa shape index (κ2) is 6.37. The Hall–Kier alpha value is -1.39. The summed E-state index contributed by atoms with van der Waals surface area (Å²) in [6.45, 7) is 2.31. The monoisotopic (exact) mass is 288 g/mol. The van der Waals surface area contributed by atoms with Crippen LogP contribution in [0.3, 0.4) is 0 Å². The highest BCUT2D eigenvalue weighted by Gasteiger charge is 2.15. The predicted octanol–water partition coefficient (Wildman–Crippen LogP) is 3.36. The minimum Gasteiger partial charge on any atom is -0.497 e. The van der Waals surface area contributed by atoms with Crippen LogP contribution in [-0.2, 0) is 6.42 Å². The number of ether oxygens (including phenoxy) is 1. The van der Waals surface area contributed by atoms with E-state index in [2.05, 4.69) is 22.8 Å². The van der Waals surface area contributed by atoms with Crippen molar-refractivity contribution in [1.82, 2.24) is 10.3 Å². The van der Waals surface area contributed by atoms with Gasteiger partial charge in [0.15, 0.2) is 0 Å². The van der Waals surface area contributed by atoms with E-state index in [4.69, 9.17) is 9.72 Å². The summed E-state index contributed by atoms with van der Waals surface area (Å²) >= 11 is 1.79. The number of aromatic nitrogens is 1. The maximum absolute atomic E-state index is 5.19. The molecular weight excluding hydrogens is 268 g/mol. The Morgan fingerprint density at radius 2 is 2.00 bits per heavy atom. The van der Waals surface area contributed by atoms with Crippen molar-refractivity contribution in [3.63, 3.8) is 0 Å². The molecule has 1 aromatic carbocycles. The van der Waals surface area contributed by atoms with Crippen LogP contribution >= 0.6 is 11.3 Å². The molecular formula is C16H20N2OS. The number of methoxy groups -OCH3 is 1. The lowest BCUT2D eigenvalue weighted by atomic mass is 9.95. The minimum absolute atomic E-state index is 0.797. The van der Waals surface area contributed by atoms with Crippen molar-refractivity contribution in [3.05, 3.63) is 34.7 Å². The van der Waals surface area contributed by atoms with Gasteiger partial charge in [-0.05, 0) is 56.1 Å². The highest BCUT2D eigenvalue weighted by molar-refractivity contribution is 7.09. The molecule has 0 spiro atoms. The van der Waals surface area contributed by atoms with E-state index in [1.807, 2.05) is 12.1 Å². The van der Waals surface area contributed by atoms with Gasteiger partial charge in [0, 0.05) is 17.4 Å². The van der Waals surface area contributed by atoms with Crippen LogP contribution in [0.1, 0.15) is 17.8 Å². The molecule has 3 rings (SSSR count). The molecule has 2 heterocycles. The topological polar surface area (TPSA) is 34.1 Å². The van der Waals surface area contributed by atoms with E-state index in [1.165, 1.54) is 23.4 Å². The van der Waals surface area contributed by atoms with Crippen LogP contribution in [0.15, 0.2) is 29.6 Å². The Balaban J connectivity index is 1.68. The summed E-state index contributed by atoms with van der Waals surface area (Å²) in [4.78, 5) is 4.79. The lowest BCUT2D eigenvalue weighted by Crippen LogP contribution is -2.28. The van der Waals surface area contributed by atoms with Crippen LogP contribution < -0.4 is 10.1 Å². The molecule has 0 saturated carbocycles. The van der Waals surface area contributed by atoms with E-state index in [0.717, 1.165) is 36.9 Å². The molecule has 20 heavy (non-hydrogen) atoms. The van der Waals surface area contributed by atoms with Crippen LogP contribution in [0.25, 0.3) is 11.3 Å². The first-order valence-corrected chi connectivity index (χ1v) is 8.02. The molecule has 1 aliphatic rings. The summed E-state index contributed by atoms with van der Waals surface area (Å²) in [5.74, 6) is 1.69. The van der Waals surface area contributed by atoms with Crippen LogP contribution in [-0.4, -0.2) is 25.2 Å². The number of thiazole rings is 1. The van der Waals surface area contributed by atoms with E-state index in [1.54, 1.807) is 18.4 Å². The average Bonchev–Trinajstić information content (AvgIpc) is 2.97. The molecule has 4 heteroatoms. The molecule has 1 aromatic heterocycles. The van der Waals surface area contributed by atoms with Crippen LogP contribution in [0, 0.1) is 5.92 Å². The van der Waals surface area contributed by atoms with Gasteiger partial charge in [0.05, 0.1) is 17.8 Å². The van der Waals surface area contributed by atoms with Crippen molar-refractivity contribution in [3.8, 4) is 17.0 Å². The van der Waals surface area contributed by atoms with Gasteiger partial charge in [-0.25, -0.2) is 4.98 Å². The Labute approximate surface area is 124 Å². The third kappa shape index (κ3) is 3.19. The normalized spacial score (nSPS) is 16.2. The lowest BCUT2D eigenvalue weighted by Gasteiger charge is -2.21. The van der Waals surface area contributed by atoms with E-state index in [9.17, 15) is 0 Å². The molecule has 1 fully saturated rings. The Morgan fingerprint density at radius 3 is 2.70 bits per heavy atom. The van der Waals surface area contributed by atoms with Gasteiger partial charge in [-0.15, -0.1) is 11.3 Å². The number of hydrogen-bond acceptors (Lipinski definition) is 4. The Kier molecular flexibility index (Phi) is 4.33. The Morgan fingerprint density at radius 1 is 1.25 bits per heavy atom.